The van der Waals surface area contributed by atoms with Crippen LogP contribution in [-0.4, -0.2) is 18.4 Å². The molecule has 21 heavy (non-hydrogen) atoms. The minimum atomic E-state index is -0.128. The fraction of sp³-hybridized carbons (Fsp3) is 0.529. The monoisotopic (exact) mass is 288 g/mol. The number of anilines is 1. The van der Waals surface area contributed by atoms with Gasteiger partial charge in [0.15, 0.2) is 0 Å². The lowest BCUT2D eigenvalue weighted by atomic mass is 9.88. The van der Waals surface area contributed by atoms with Gasteiger partial charge in [-0.15, -0.1) is 0 Å². The van der Waals surface area contributed by atoms with Gasteiger partial charge in [0.1, 0.15) is 0 Å². The van der Waals surface area contributed by atoms with E-state index in [0.29, 0.717) is 17.8 Å². The zero-order valence-electron chi connectivity index (χ0n) is 12.7. The third-order valence-corrected chi connectivity index (χ3v) is 3.94. The second-order valence-electron chi connectivity index (χ2n) is 5.63. The van der Waals surface area contributed by atoms with Crippen LogP contribution >= 0.6 is 0 Å². The number of carbonyl (C=O) groups excluding carboxylic acids is 2. The molecule has 1 aliphatic rings. The van der Waals surface area contributed by atoms with Crippen LogP contribution in [0.15, 0.2) is 24.3 Å². The average molecular weight is 288 g/mol. The van der Waals surface area contributed by atoms with Crippen LogP contribution in [0.2, 0.25) is 0 Å². The summed E-state index contributed by atoms with van der Waals surface area (Å²) in [6.07, 6.45) is 6.27. The Hall–Kier alpha value is -1.84. The quantitative estimate of drug-likeness (QED) is 0.873. The molecule has 0 unspecified atom stereocenters. The SMILES string of the molecule is CCCNC(=O)c1ccccc1NC(=O)C1CCCCC1. The number of para-hydroxylation sites is 1. The largest absolute Gasteiger partial charge is 0.352 e. The van der Waals surface area contributed by atoms with Crippen LogP contribution in [0.5, 0.6) is 0 Å². The molecule has 1 saturated carbocycles. The molecule has 114 valence electrons. The van der Waals surface area contributed by atoms with Crippen LogP contribution in [0, 0.1) is 5.92 Å². The molecule has 4 nitrogen and oxygen atoms in total. The van der Waals surface area contributed by atoms with E-state index in [0.717, 1.165) is 32.1 Å². The van der Waals surface area contributed by atoms with E-state index < -0.39 is 0 Å². The van der Waals surface area contributed by atoms with E-state index >= 15 is 0 Å². The molecular formula is C17H24N2O2. The lowest BCUT2D eigenvalue weighted by Crippen LogP contribution is -2.28. The first kappa shape index (κ1) is 15.5. The molecule has 0 spiro atoms. The van der Waals surface area contributed by atoms with Crippen molar-refractivity contribution in [2.24, 2.45) is 5.92 Å². The van der Waals surface area contributed by atoms with Crippen molar-refractivity contribution >= 4 is 17.5 Å². The fourth-order valence-corrected chi connectivity index (χ4v) is 2.72. The highest BCUT2D eigenvalue weighted by Gasteiger charge is 2.22. The van der Waals surface area contributed by atoms with Gasteiger partial charge in [0, 0.05) is 12.5 Å². The Bertz CT molecular complexity index is 493. The summed E-state index contributed by atoms with van der Waals surface area (Å²) in [6, 6.07) is 7.20. The lowest BCUT2D eigenvalue weighted by molar-refractivity contribution is -0.120. The van der Waals surface area contributed by atoms with Crippen molar-refractivity contribution < 1.29 is 9.59 Å². The number of carbonyl (C=O) groups is 2. The van der Waals surface area contributed by atoms with Crippen molar-refractivity contribution in [1.82, 2.24) is 5.32 Å². The number of benzene rings is 1. The van der Waals surface area contributed by atoms with Crippen LogP contribution in [-0.2, 0) is 4.79 Å². The van der Waals surface area contributed by atoms with Gasteiger partial charge in [-0.3, -0.25) is 9.59 Å². The molecule has 0 bridgehead atoms. The molecule has 1 fully saturated rings. The van der Waals surface area contributed by atoms with E-state index in [1.807, 2.05) is 19.1 Å². The summed E-state index contributed by atoms with van der Waals surface area (Å²) >= 11 is 0. The van der Waals surface area contributed by atoms with Gasteiger partial charge in [-0.05, 0) is 31.4 Å². The summed E-state index contributed by atoms with van der Waals surface area (Å²) in [6.45, 7) is 2.65. The summed E-state index contributed by atoms with van der Waals surface area (Å²) in [5, 5.41) is 5.79. The van der Waals surface area contributed by atoms with Gasteiger partial charge in [0.25, 0.3) is 5.91 Å². The van der Waals surface area contributed by atoms with Gasteiger partial charge in [0.05, 0.1) is 11.3 Å². The molecule has 0 saturated heterocycles. The Kier molecular flexibility index (Phi) is 5.78. The van der Waals surface area contributed by atoms with Crippen LogP contribution < -0.4 is 10.6 Å². The zero-order valence-corrected chi connectivity index (χ0v) is 12.7. The summed E-state index contributed by atoms with van der Waals surface area (Å²) in [5.41, 5.74) is 1.15. The molecule has 2 rings (SSSR count). The topological polar surface area (TPSA) is 58.2 Å². The number of hydrogen-bond donors (Lipinski definition) is 2. The molecule has 1 aromatic rings. The van der Waals surface area contributed by atoms with Gasteiger partial charge in [-0.2, -0.15) is 0 Å². The molecule has 0 aromatic heterocycles. The molecule has 2 N–H and O–H groups in total. The first-order valence-corrected chi connectivity index (χ1v) is 7.90. The number of amides is 2. The first-order valence-electron chi connectivity index (χ1n) is 7.90. The Morgan fingerprint density at radius 2 is 1.86 bits per heavy atom. The molecule has 4 heteroatoms. The van der Waals surface area contributed by atoms with Crippen LogP contribution in [0.1, 0.15) is 55.8 Å². The predicted octanol–water partition coefficient (Wildman–Crippen LogP) is 3.35. The highest BCUT2D eigenvalue weighted by Crippen LogP contribution is 2.25. The highest BCUT2D eigenvalue weighted by molar-refractivity contribution is 6.04. The van der Waals surface area contributed by atoms with Gasteiger partial charge in [0.2, 0.25) is 5.91 Å². The molecule has 0 atom stereocenters. The molecule has 0 aliphatic heterocycles. The molecule has 0 radical (unpaired) electrons. The van der Waals surface area contributed by atoms with Crippen molar-refractivity contribution in [2.45, 2.75) is 45.4 Å². The maximum Gasteiger partial charge on any atom is 0.253 e. The Labute approximate surface area is 126 Å². The normalized spacial score (nSPS) is 15.5. The summed E-state index contributed by atoms with van der Waals surface area (Å²) in [5.74, 6) is 0.00680. The number of nitrogens with one attached hydrogen (secondary N) is 2. The number of rotatable bonds is 5. The smallest absolute Gasteiger partial charge is 0.253 e. The lowest BCUT2D eigenvalue weighted by Gasteiger charge is -2.21. The van der Waals surface area contributed by atoms with E-state index in [9.17, 15) is 9.59 Å². The van der Waals surface area contributed by atoms with Crippen molar-refractivity contribution in [3.05, 3.63) is 29.8 Å². The van der Waals surface area contributed by atoms with Crippen molar-refractivity contribution in [3.63, 3.8) is 0 Å². The third-order valence-electron chi connectivity index (χ3n) is 3.94. The third kappa shape index (κ3) is 4.31. The minimum absolute atomic E-state index is 0.0467. The van der Waals surface area contributed by atoms with Gasteiger partial charge in [-0.1, -0.05) is 38.3 Å². The second-order valence-corrected chi connectivity index (χ2v) is 5.63. The average Bonchev–Trinajstić information content (AvgIpc) is 2.54. The Morgan fingerprint density at radius 1 is 1.14 bits per heavy atom. The zero-order chi connectivity index (χ0) is 15.1. The molecular weight excluding hydrogens is 264 g/mol. The van der Waals surface area contributed by atoms with Gasteiger partial charge < -0.3 is 10.6 Å². The maximum absolute atomic E-state index is 12.3. The van der Waals surface area contributed by atoms with Crippen molar-refractivity contribution in [2.75, 3.05) is 11.9 Å². The summed E-state index contributed by atoms with van der Waals surface area (Å²) < 4.78 is 0. The predicted molar refractivity (Wildman–Crippen MR) is 84.3 cm³/mol. The van der Waals surface area contributed by atoms with Crippen LogP contribution in [0.4, 0.5) is 5.69 Å². The minimum Gasteiger partial charge on any atom is -0.352 e. The highest BCUT2D eigenvalue weighted by atomic mass is 16.2. The Balaban J connectivity index is 2.05. The fourth-order valence-electron chi connectivity index (χ4n) is 2.72. The van der Waals surface area contributed by atoms with Crippen LogP contribution in [0.25, 0.3) is 0 Å². The molecule has 2 amide bonds. The van der Waals surface area contributed by atoms with E-state index in [4.69, 9.17) is 0 Å². The second kappa shape index (κ2) is 7.81. The van der Waals surface area contributed by atoms with E-state index in [2.05, 4.69) is 10.6 Å². The first-order chi connectivity index (χ1) is 10.2. The summed E-state index contributed by atoms with van der Waals surface area (Å²) in [7, 11) is 0. The van der Waals surface area contributed by atoms with Gasteiger partial charge >= 0.3 is 0 Å². The molecule has 0 heterocycles. The maximum atomic E-state index is 12.3. The van der Waals surface area contributed by atoms with E-state index in [1.54, 1.807) is 12.1 Å². The van der Waals surface area contributed by atoms with Crippen molar-refractivity contribution in [1.29, 1.82) is 0 Å². The van der Waals surface area contributed by atoms with Gasteiger partial charge in [-0.25, -0.2) is 0 Å². The Morgan fingerprint density at radius 3 is 2.57 bits per heavy atom. The van der Waals surface area contributed by atoms with E-state index in [-0.39, 0.29) is 17.7 Å². The number of hydrogen-bond acceptors (Lipinski definition) is 2. The van der Waals surface area contributed by atoms with E-state index in [1.165, 1.54) is 6.42 Å². The van der Waals surface area contributed by atoms with Crippen LogP contribution in [0.3, 0.4) is 0 Å². The molecule has 1 aliphatic carbocycles. The summed E-state index contributed by atoms with van der Waals surface area (Å²) in [4.78, 5) is 24.4. The standard InChI is InChI=1S/C17H24N2O2/c1-2-12-18-17(21)14-10-6-7-11-15(14)19-16(20)13-8-4-3-5-9-13/h6-7,10-11,13H,2-5,8-9,12H2,1H3,(H,18,21)(H,19,20). The van der Waals surface area contributed by atoms with Crippen molar-refractivity contribution in [3.8, 4) is 0 Å². The molecule has 1 aromatic carbocycles.